The number of halogens is 1. The molecule has 5 heteroatoms. The Labute approximate surface area is 60.5 Å². The summed E-state index contributed by atoms with van der Waals surface area (Å²) in [7, 11) is 0. The van der Waals surface area contributed by atoms with Crippen molar-refractivity contribution in [1.29, 1.82) is 0 Å². The molecule has 1 unspecified atom stereocenters. The topological polar surface area (TPSA) is 52.4 Å². The fraction of sp³-hybridized carbons (Fsp3) is 1.00. The van der Waals surface area contributed by atoms with Crippen molar-refractivity contribution in [3.05, 3.63) is 10.1 Å². The Morgan fingerprint density at radius 2 is 2.44 bits per heavy atom. The summed E-state index contributed by atoms with van der Waals surface area (Å²) in [6.45, 7) is 0.659. The van der Waals surface area contributed by atoms with Gasteiger partial charge in [0.05, 0.1) is 13.0 Å². The molecule has 0 spiro atoms. The summed E-state index contributed by atoms with van der Waals surface area (Å²) < 4.78 is 3.84. The second-order valence-electron chi connectivity index (χ2n) is 1.98. The van der Waals surface area contributed by atoms with Gasteiger partial charge >= 0.3 is 0 Å². The molecule has 0 amide bonds. The van der Waals surface area contributed by atoms with Gasteiger partial charge in [-0.2, -0.15) is 0 Å². The molecule has 1 rings (SSSR count). The first-order valence-electron chi connectivity index (χ1n) is 2.56. The molecule has 0 radical (unpaired) electrons. The van der Waals surface area contributed by atoms with Crippen molar-refractivity contribution in [2.45, 2.75) is 10.9 Å². The average molecular weight is 196 g/mol. The lowest BCUT2D eigenvalue weighted by Crippen LogP contribution is -2.30. The van der Waals surface area contributed by atoms with Gasteiger partial charge in [0.2, 0.25) is 0 Å². The van der Waals surface area contributed by atoms with Gasteiger partial charge in [-0.05, 0) is 0 Å². The van der Waals surface area contributed by atoms with Gasteiger partial charge in [0.25, 0.3) is 4.45 Å². The maximum atomic E-state index is 10.2. The highest BCUT2D eigenvalue weighted by atomic mass is 79.9. The van der Waals surface area contributed by atoms with E-state index in [0.717, 1.165) is 0 Å². The van der Waals surface area contributed by atoms with Crippen molar-refractivity contribution in [2.24, 2.45) is 0 Å². The summed E-state index contributed by atoms with van der Waals surface area (Å²) in [6, 6.07) is 0. The Bertz CT molecular complexity index is 132. The highest BCUT2D eigenvalue weighted by Crippen LogP contribution is 2.28. The first-order valence-corrected chi connectivity index (χ1v) is 3.36. The number of alkyl halides is 1. The number of nitro groups is 1. The second-order valence-corrected chi connectivity index (χ2v) is 3.45. The molecule has 52 valence electrons. The normalized spacial score (nSPS) is 34.8. The number of nitrogens with zero attached hydrogens (tertiary/aromatic N) is 1. The Kier molecular flexibility index (Phi) is 1.72. The molecule has 9 heavy (non-hydrogen) atoms. The molecule has 0 aromatic heterocycles. The summed E-state index contributed by atoms with van der Waals surface area (Å²) in [5, 5.41) is 10.2. The fourth-order valence-electron chi connectivity index (χ4n) is 0.673. The van der Waals surface area contributed by atoms with Crippen LogP contribution in [0.4, 0.5) is 0 Å². The van der Waals surface area contributed by atoms with Gasteiger partial charge in [0.15, 0.2) is 0 Å². The summed E-state index contributed by atoms with van der Waals surface area (Å²) >= 11 is 2.99. The number of hydrogen-bond donors (Lipinski definition) is 0. The van der Waals surface area contributed by atoms with Gasteiger partial charge in [0, 0.05) is 20.9 Å². The predicted octanol–water partition coefficient (Wildman–Crippen LogP) is 0.775. The van der Waals surface area contributed by atoms with Crippen LogP contribution >= 0.6 is 15.9 Å². The minimum absolute atomic E-state index is 0.181. The highest BCUT2D eigenvalue weighted by Gasteiger charge is 2.43. The van der Waals surface area contributed by atoms with E-state index in [1.54, 1.807) is 0 Å². The predicted molar refractivity (Wildman–Crippen MR) is 34.1 cm³/mol. The fourth-order valence-corrected chi connectivity index (χ4v) is 0.997. The molecule has 1 aliphatic rings. The summed E-state index contributed by atoms with van der Waals surface area (Å²) in [6.07, 6.45) is 0.458. The van der Waals surface area contributed by atoms with Crippen molar-refractivity contribution in [1.82, 2.24) is 0 Å². The van der Waals surface area contributed by atoms with Crippen LogP contribution in [0.25, 0.3) is 0 Å². The van der Waals surface area contributed by atoms with Crippen LogP contribution in [-0.4, -0.2) is 22.6 Å². The monoisotopic (exact) mass is 195 g/mol. The number of rotatable bonds is 1. The SMILES string of the molecule is O=[N+]([O-])C1(Br)CCOC1. The van der Waals surface area contributed by atoms with Gasteiger partial charge in [-0.25, -0.2) is 0 Å². The molecule has 0 bridgehead atoms. The van der Waals surface area contributed by atoms with Gasteiger partial charge in [0.1, 0.15) is 6.61 Å². The molecule has 1 heterocycles. The van der Waals surface area contributed by atoms with Gasteiger partial charge in [-0.15, -0.1) is 0 Å². The molecule has 1 atom stereocenters. The Morgan fingerprint density at radius 3 is 2.67 bits per heavy atom. The van der Waals surface area contributed by atoms with E-state index in [-0.39, 0.29) is 11.5 Å². The summed E-state index contributed by atoms with van der Waals surface area (Å²) in [5.74, 6) is 0. The van der Waals surface area contributed by atoms with Crippen LogP contribution in [0.15, 0.2) is 0 Å². The third-order valence-corrected chi connectivity index (χ3v) is 2.19. The van der Waals surface area contributed by atoms with Crippen LogP contribution in [-0.2, 0) is 4.74 Å². The van der Waals surface area contributed by atoms with Crippen molar-refractivity contribution < 1.29 is 9.66 Å². The number of hydrogen-bond acceptors (Lipinski definition) is 3. The van der Waals surface area contributed by atoms with Crippen molar-refractivity contribution in [3.63, 3.8) is 0 Å². The maximum Gasteiger partial charge on any atom is 0.299 e. The zero-order valence-electron chi connectivity index (χ0n) is 4.67. The molecule has 0 N–H and O–H groups in total. The lowest BCUT2D eigenvalue weighted by molar-refractivity contribution is -0.532. The molecule has 0 aliphatic carbocycles. The van der Waals surface area contributed by atoms with E-state index in [4.69, 9.17) is 4.74 Å². The van der Waals surface area contributed by atoms with Crippen LogP contribution in [0.1, 0.15) is 6.42 Å². The zero-order valence-corrected chi connectivity index (χ0v) is 6.26. The Morgan fingerprint density at radius 1 is 1.78 bits per heavy atom. The molecule has 1 fully saturated rings. The van der Waals surface area contributed by atoms with Gasteiger partial charge < -0.3 is 4.74 Å². The quantitative estimate of drug-likeness (QED) is 0.269. The molecule has 4 nitrogen and oxygen atoms in total. The maximum absolute atomic E-state index is 10.2. The van der Waals surface area contributed by atoms with Crippen molar-refractivity contribution in [3.8, 4) is 0 Å². The molecule has 1 saturated heterocycles. The third kappa shape index (κ3) is 1.21. The standard InChI is InChI=1S/C4H6BrNO3/c5-4(6(7)8)1-2-9-3-4/h1-3H2. The van der Waals surface area contributed by atoms with E-state index in [2.05, 4.69) is 15.9 Å². The van der Waals surface area contributed by atoms with E-state index < -0.39 is 4.45 Å². The molecule has 0 saturated carbocycles. The Balaban J connectivity index is 2.61. The van der Waals surface area contributed by atoms with Crippen LogP contribution in [0.3, 0.4) is 0 Å². The van der Waals surface area contributed by atoms with Crippen LogP contribution in [0.2, 0.25) is 0 Å². The van der Waals surface area contributed by atoms with Crippen LogP contribution in [0.5, 0.6) is 0 Å². The van der Waals surface area contributed by atoms with Gasteiger partial charge in [-0.3, -0.25) is 10.1 Å². The zero-order chi connectivity index (χ0) is 6.91. The molecular weight excluding hydrogens is 190 g/mol. The van der Waals surface area contributed by atoms with E-state index in [1.807, 2.05) is 0 Å². The molecule has 0 aromatic carbocycles. The first kappa shape index (κ1) is 6.95. The third-order valence-electron chi connectivity index (χ3n) is 1.28. The minimum Gasteiger partial charge on any atom is -0.373 e. The summed E-state index contributed by atoms with van der Waals surface area (Å²) in [4.78, 5) is 9.85. The lowest BCUT2D eigenvalue weighted by atomic mass is 10.3. The van der Waals surface area contributed by atoms with Crippen molar-refractivity contribution >= 4 is 15.9 Å². The molecule has 0 aromatic rings. The van der Waals surface area contributed by atoms with Crippen molar-refractivity contribution in [2.75, 3.05) is 13.2 Å². The highest BCUT2D eigenvalue weighted by molar-refractivity contribution is 9.10. The molecule has 1 aliphatic heterocycles. The van der Waals surface area contributed by atoms with E-state index in [0.29, 0.717) is 13.0 Å². The Hall–Kier alpha value is -0.160. The van der Waals surface area contributed by atoms with E-state index in [9.17, 15) is 10.1 Å². The average Bonchev–Trinajstić information content (AvgIpc) is 2.16. The van der Waals surface area contributed by atoms with E-state index >= 15 is 0 Å². The van der Waals surface area contributed by atoms with Gasteiger partial charge in [-0.1, -0.05) is 0 Å². The molecular formula is C4H6BrNO3. The number of ether oxygens (including phenoxy) is 1. The summed E-state index contributed by atoms with van der Waals surface area (Å²) in [5.41, 5.74) is 0. The lowest BCUT2D eigenvalue weighted by Gasteiger charge is -2.07. The minimum atomic E-state index is -0.993. The van der Waals surface area contributed by atoms with E-state index in [1.165, 1.54) is 0 Å². The van der Waals surface area contributed by atoms with Crippen LogP contribution in [0, 0.1) is 10.1 Å². The second kappa shape index (κ2) is 2.22. The smallest absolute Gasteiger partial charge is 0.299 e. The van der Waals surface area contributed by atoms with Crippen LogP contribution < -0.4 is 0 Å². The largest absolute Gasteiger partial charge is 0.373 e. The first-order chi connectivity index (χ1) is 4.15.